The number of rotatable bonds is 3. The summed E-state index contributed by atoms with van der Waals surface area (Å²) >= 11 is 0. The van der Waals surface area contributed by atoms with Crippen LogP contribution in [0.25, 0.3) is 0 Å². The van der Waals surface area contributed by atoms with Crippen molar-refractivity contribution in [3.8, 4) is 0 Å². The third-order valence-corrected chi connectivity index (χ3v) is 4.16. The lowest BCUT2D eigenvalue weighted by molar-refractivity contribution is -0.385. The van der Waals surface area contributed by atoms with Gasteiger partial charge in [0.2, 0.25) is 5.69 Å². The first-order chi connectivity index (χ1) is 11.0. The second kappa shape index (κ2) is 5.81. The van der Waals surface area contributed by atoms with E-state index in [9.17, 15) is 20.0 Å². The molecule has 0 saturated heterocycles. The van der Waals surface area contributed by atoms with Crippen LogP contribution in [0.5, 0.6) is 0 Å². The highest BCUT2D eigenvalue weighted by Crippen LogP contribution is 2.31. The average molecular weight is 316 g/mol. The van der Waals surface area contributed by atoms with Crippen LogP contribution in [0.2, 0.25) is 0 Å². The Bertz CT molecular complexity index is 771. The van der Waals surface area contributed by atoms with E-state index < -0.39 is 16.9 Å². The Hall–Kier alpha value is -2.74. The molecule has 23 heavy (non-hydrogen) atoms. The van der Waals surface area contributed by atoms with Crippen LogP contribution in [0, 0.1) is 10.1 Å². The number of aryl methyl sites for hydroxylation is 1. The fourth-order valence-corrected chi connectivity index (χ4v) is 3.04. The third-order valence-electron chi connectivity index (χ3n) is 4.16. The molecule has 1 unspecified atom stereocenters. The second-order valence-electron chi connectivity index (χ2n) is 5.40. The van der Waals surface area contributed by atoms with Gasteiger partial charge in [0.05, 0.1) is 17.6 Å². The van der Waals surface area contributed by atoms with Crippen LogP contribution >= 0.6 is 0 Å². The van der Waals surface area contributed by atoms with Gasteiger partial charge in [-0.15, -0.1) is 0 Å². The van der Waals surface area contributed by atoms with Gasteiger partial charge in [-0.25, -0.2) is 0 Å². The molecule has 1 aromatic heterocycles. The summed E-state index contributed by atoms with van der Waals surface area (Å²) < 4.78 is 1.20. The van der Waals surface area contributed by atoms with Gasteiger partial charge in [0.25, 0.3) is 5.91 Å². The highest BCUT2D eigenvalue weighted by Gasteiger charge is 2.35. The zero-order valence-corrected chi connectivity index (χ0v) is 12.5. The number of nitrogens with zero attached hydrogens (tertiary/aromatic N) is 4. The van der Waals surface area contributed by atoms with Crippen LogP contribution < -0.4 is 0 Å². The van der Waals surface area contributed by atoms with Crippen molar-refractivity contribution < 1.29 is 14.8 Å². The van der Waals surface area contributed by atoms with Crippen molar-refractivity contribution in [2.24, 2.45) is 7.05 Å². The van der Waals surface area contributed by atoms with E-state index in [0.29, 0.717) is 13.0 Å². The highest BCUT2D eigenvalue weighted by atomic mass is 16.6. The molecule has 8 nitrogen and oxygen atoms in total. The number of fused-ring (bicyclic) bond motifs is 1. The molecule has 0 spiro atoms. The predicted molar refractivity (Wildman–Crippen MR) is 80.9 cm³/mol. The first-order valence-electron chi connectivity index (χ1n) is 7.20. The molecule has 1 N–H and O–H groups in total. The average Bonchev–Trinajstić information content (AvgIpc) is 2.95. The zero-order chi connectivity index (χ0) is 16.6. The zero-order valence-electron chi connectivity index (χ0n) is 12.5. The van der Waals surface area contributed by atoms with Crippen LogP contribution in [-0.4, -0.2) is 43.8 Å². The van der Waals surface area contributed by atoms with Crippen molar-refractivity contribution in [1.29, 1.82) is 0 Å². The number of aromatic nitrogens is 2. The van der Waals surface area contributed by atoms with Gasteiger partial charge < -0.3 is 10.0 Å². The number of carbonyl (C=O) groups excluding carboxylic acids is 1. The van der Waals surface area contributed by atoms with Crippen molar-refractivity contribution in [1.82, 2.24) is 14.7 Å². The van der Waals surface area contributed by atoms with E-state index in [-0.39, 0.29) is 18.0 Å². The highest BCUT2D eigenvalue weighted by molar-refractivity contribution is 5.96. The Balaban J connectivity index is 2.01. The summed E-state index contributed by atoms with van der Waals surface area (Å²) in [5, 5.41) is 24.7. The van der Waals surface area contributed by atoms with Gasteiger partial charge in [-0.2, -0.15) is 5.10 Å². The van der Waals surface area contributed by atoms with Gasteiger partial charge in [-0.1, -0.05) is 24.3 Å². The first-order valence-corrected chi connectivity index (χ1v) is 7.20. The second-order valence-corrected chi connectivity index (χ2v) is 5.40. The maximum Gasteiger partial charge on any atom is 0.320 e. The number of hydrogen-bond acceptors (Lipinski definition) is 5. The molecule has 2 aromatic rings. The molecule has 1 aliphatic rings. The molecule has 0 fully saturated rings. The summed E-state index contributed by atoms with van der Waals surface area (Å²) in [6, 6.07) is 7.08. The van der Waals surface area contributed by atoms with E-state index >= 15 is 0 Å². The molecule has 1 aromatic carbocycles. The normalized spacial score (nSPS) is 17.0. The van der Waals surface area contributed by atoms with Crippen molar-refractivity contribution in [2.45, 2.75) is 12.5 Å². The van der Waals surface area contributed by atoms with Gasteiger partial charge in [0.1, 0.15) is 6.20 Å². The van der Waals surface area contributed by atoms with Crippen LogP contribution in [0.1, 0.15) is 27.7 Å². The number of carbonyl (C=O) groups is 1. The Kier molecular flexibility index (Phi) is 3.83. The van der Waals surface area contributed by atoms with Gasteiger partial charge in [-0.05, 0) is 17.5 Å². The van der Waals surface area contributed by atoms with Crippen LogP contribution in [0.3, 0.4) is 0 Å². The van der Waals surface area contributed by atoms with Crippen molar-refractivity contribution in [3.05, 3.63) is 57.4 Å². The summed E-state index contributed by atoms with van der Waals surface area (Å²) in [5.74, 6) is -0.495. The number of hydrogen-bond donors (Lipinski definition) is 1. The summed E-state index contributed by atoms with van der Waals surface area (Å²) in [6.45, 7) is 0.151. The van der Waals surface area contributed by atoms with Crippen molar-refractivity contribution >= 4 is 11.6 Å². The van der Waals surface area contributed by atoms with E-state index in [0.717, 1.165) is 17.3 Å². The molecule has 0 radical (unpaired) electrons. The topological polar surface area (TPSA) is 102 Å². The van der Waals surface area contributed by atoms with Crippen LogP contribution in [0.4, 0.5) is 5.69 Å². The minimum absolute atomic E-state index is 0.0761. The third kappa shape index (κ3) is 2.46. The number of nitro groups is 1. The Morgan fingerprint density at radius 1 is 1.48 bits per heavy atom. The maximum absolute atomic E-state index is 12.8. The number of amides is 1. The molecule has 120 valence electrons. The fraction of sp³-hybridized carbons (Fsp3) is 0.333. The Morgan fingerprint density at radius 3 is 2.91 bits per heavy atom. The predicted octanol–water partition coefficient (Wildman–Crippen LogP) is 1.06. The van der Waals surface area contributed by atoms with E-state index in [1.54, 1.807) is 0 Å². The van der Waals surface area contributed by atoms with Crippen LogP contribution in [-0.2, 0) is 13.5 Å². The molecule has 8 heteroatoms. The van der Waals surface area contributed by atoms with E-state index in [2.05, 4.69) is 5.10 Å². The van der Waals surface area contributed by atoms with Gasteiger partial charge in [0, 0.05) is 13.6 Å². The van der Waals surface area contributed by atoms with Crippen molar-refractivity contribution in [3.63, 3.8) is 0 Å². The molecule has 2 heterocycles. The summed E-state index contributed by atoms with van der Waals surface area (Å²) in [7, 11) is 1.49. The molecule has 1 aliphatic heterocycles. The van der Waals surface area contributed by atoms with Gasteiger partial charge >= 0.3 is 5.69 Å². The summed E-state index contributed by atoms with van der Waals surface area (Å²) in [5.41, 5.74) is 1.55. The smallest absolute Gasteiger partial charge is 0.320 e. The van der Waals surface area contributed by atoms with Gasteiger partial charge in [0.15, 0.2) is 0 Å². The van der Waals surface area contributed by atoms with Crippen LogP contribution in [0.15, 0.2) is 30.5 Å². The molecular weight excluding hydrogens is 300 g/mol. The minimum Gasteiger partial charge on any atom is -0.394 e. The van der Waals surface area contributed by atoms with E-state index in [4.69, 9.17) is 0 Å². The number of benzene rings is 1. The lowest BCUT2D eigenvalue weighted by atomic mass is 9.92. The fourth-order valence-electron chi connectivity index (χ4n) is 3.04. The quantitative estimate of drug-likeness (QED) is 0.674. The Labute approximate surface area is 132 Å². The number of aliphatic hydroxyl groups is 1. The monoisotopic (exact) mass is 316 g/mol. The molecule has 0 bridgehead atoms. The number of aliphatic hydroxyl groups excluding tert-OH is 1. The minimum atomic E-state index is -0.619. The lowest BCUT2D eigenvalue weighted by Crippen LogP contribution is -2.42. The van der Waals surface area contributed by atoms with Gasteiger partial charge in [-0.3, -0.25) is 19.6 Å². The molecular formula is C15H16N4O4. The molecule has 1 atom stereocenters. The maximum atomic E-state index is 12.8. The largest absolute Gasteiger partial charge is 0.394 e. The lowest BCUT2D eigenvalue weighted by Gasteiger charge is -2.36. The SMILES string of the molecule is Cn1ncc([N+](=O)[O-])c1C(=O)N1CCc2ccccc2C1CO. The van der Waals surface area contributed by atoms with E-state index in [1.807, 2.05) is 24.3 Å². The molecule has 3 rings (SSSR count). The van der Waals surface area contributed by atoms with E-state index in [1.165, 1.54) is 16.6 Å². The van der Waals surface area contributed by atoms with Crippen molar-refractivity contribution in [2.75, 3.05) is 13.2 Å². The standard InChI is InChI=1S/C15H16N4O4/c1-17-14(12(8-16-17)19(22)23)15(21)18-7-6-10-4-2-3-5-11(10)13(18)9-20/h2-5,8,13,20H,6-7,9H2,1H3. The molecule has 0 aliphatic carbocycles. The summed E-state index contributed by atoms with van der Waals surface area (Å²) in [6.07, 6.45) is 1.71. The Morgan fingerprint density at radius 2 is 2.22 bits per heavy atom. The molecule has 0 saturated carbocycles. The summed E-state index contributed by atoms with van der Waals surface area (Å²) in [4.78, 5) is 24.8. The first kappa shape index (κ1) is 15.2. The molecule has 1 amide bonds.